The average molecular weight is 1030 g/mol. The molecule has 75 heavy (non-hydrogen) atoms. The van der Waals surface area contributed by atoms with E-state index in [0.717, 1.165) is 107 Å². The van der Waals surface area contributed by atoms with Crippen LogP contribution in [-0.4, -0.2) is 116 Å². The summed E-state index contributed by atoms with van der Waals surface area (Å²) < 4.78 is 0. The highest BCUT2D eigenvalue weighted by molar-refractivity contribution is 6.38. The van der Waals surface area contributed by atoms with Gasteiger partial charge in [-0.1, -0.05) is 78.9 Å². The molecule has 8 amide bonds. The van der Waals surface area contributed by atoms with Crippen molar-refractivity contribution in [2.24, 2.45) is 29.1 Å². The Bertz CT molecular complexity index is 2550. The van der Waals surface area contributed by atoms with Crippen LogP contribution in [0.15, 0.2) is 30.6 Å². The van der Waals surface area contributed by atoms with Crippen molar-refractivity contribution in [1.29, 1.82) is 0 Å². The molecule has 4 aliphatic carbocycles. The number of rotatable bonds is 16. The van der Waals surface area contributed by atoms with E-state index in [4.69, 9.17) is 4.98 Å². The zero-order valence-corrected chi connectivity index (χ0v) is 44.4. The van der Waals surface area contributed by atoms with Gasteiger partial charge >= 0.3 is 0 Å². The second kappa shape index (κ2) is 22.6. The summed E-state index contributed by atoms with van der Waals surface area (Å²) in [5, 5.41) is 14.1. The number of ketones is 1. The Balaban J connectivity index is 0.854. The molecule has 2 saturated heterocycles. The van der Waals surface area contributed by atoms with Crippen molar-refractivity contribution >= 4 is 53.0 Å². The maximum Gasteiger partial charge on any atom is 0.289 e. The highest BCUT2D eigenvalue weighted by atomic mass is 16.2. The lowest BCUT2D eigenvalue weighted by atomic mass is 9.82. The monoisotopic (exact) mass is 1030 g/mol. The third-order valence-corrected chi connectivity index (χ3v) is 17.5. The first-order chi connectivity index (χ1) is 35.9. The summed E-state index contributed by atoms with van der Waals surface area (Å²) in [4.78, 5) is 135. The third-order valence-electron chi connectivity index (χ3n) is 17.5. The lowest BCUT2D eigenvalue weighted by molar-refractivity contribution is -0.146. The van der Waals surface area contributed by atoms with Crippen LogP contribution in [0.4, 0.5) is 0 Å². The van der Waals surface area contributed by atoms with E-state index in [0.29, 0.717) is 37.4 Å². The molecular weight excluding hydrogens is 955 g/mol. The van der Waals surface area contributed by atoms with Crippen molar-refractivity contribution in [2.45, 2.75) is 205 Å². The molecule has 18 nitrogen and oxygen atoms in total. The topological polar surface area (TPSA) is 246 Å². The maximum absolute atomic E-state index is 15.0. The molecule has 2 aromatic rings. The molecule has 6 fully saturated rings. The zero-order chi connectivity index (χ0) is 53.3. The zero-order valence-electron chi connectivity index (χ0n) is 44.4. The summed E-state index contributed by atoms with van der Waals surface area (Å²) in [6.45, 7) is 10.4. The first kappa shape index (κ1) is 53.7. The highest BCUT2D eigenvalue weighted by Crippen LogP contribution is 2.44. The van der Waals surface area contributed by atoms with Gasteiger partial charge in [0.2, 0.25) is 35.3 Å². The Morgan fingerprint density at radius 2 is 1.57 bits per heavy atom. The van der Waals surface area contributed by atoms with Gasteiger partial charge in [0.15, 0.2) is 0 Å². The van der Waals surface area contributed by atoms with Crippen molar-refractivity contribution in [1.82, 2.24) is 46.4 Å². The van der Waals surface area contributed by atoms with Gasteiger partial charge in [0.05, 0.1) is 17.9 Å². The molecule has 1 aromatic carbocycles. The molecule has 4 unspecified atom stereocenters. The maximum atomic E-state index is 15.0. The molecule has 4 heterocycles. The van der Waals surface area contributed by atoms with E-state index in [-0.39, 0.29) is 66.0 Å². The Labute approximate surface area is 440 Å². The highest BCUT2D eigenvalue weighted by Gasteiger charge is 2.53. The van der Waals surface area contributed by atoms with Crippen molar-refractivity contribution < 1.29 is 43.2 Å². The molecule has 18 heteroatoms. The smallest absolute Gasteiger partial charge is 0.289 e. The van der Waals surface area contributed by atoms with Gasteiger partial charge in [0, 0.05) is 43.2 Å². The molecule has 10 atom stereocenters. The fraction of sp³-hybridized carbons (Fsp3) is 0.667. The standard InChI is InChI=1S/C57H77N9O9/c1-6-11-41(48(68)54(73)60-38-19-20-38)61-53(72)47-39-15-10-14-36(39)29-66(47)56(75)49(57(3,4)5)64-52(71)46(32-12-8-7-9-13-32)63-50(69)43-28-58-42(27-59-43)35-17-16-33(24-31(2)25-35)34-18-21-40-37(26-34)30-65(55(40)74)44-22-23-45(67)62-51(44)70/h18,21,26-28,31-33,35-36,38-39,41,44,46-47,49H,6-17,19-20,22-25,29-30H2,1-5H3,(H,60,73)(H,61,72)(H,63,69)(H,64,71)(H,62,67,70)/t31?,33?,35?,36-,39-,41-,44?,46-,47-,49+/m0/s1. The van der Waals surface area contributed by atoms with Crippen LogP contribution in [0.3, 0.4) is 0 Å². The number of imide groups is 1. The number of nitrogens with one attached hydrogen (secondary N) is 5. The van der Waals surface area contributed by atoms with E-state index in [1.807, 2.05) is 39.8 Å². The predicted molar refractivity (Wildman–Crippen MR) is 276 cm³/mol. The van der Waals surface area contributed by atoms with Crippen LogP contribution < -0.4 is 26.6 Å². The number of carbonyl (C=O) groups is 9. The van der Waals surface area contributed by atoms with Gasteiger partial charge in [-0.25, -0.2) is 4.98 Å². The van der Waals surface area contributed by atoms with E-state index in [2.05, 4.69) is 44.6 Å². The Morgan fingerprint density at radius 1 is 0.827 bits per heavy atom. The van der Waals surface area contributed by atoms with Crippen LogP contribution in [-0.2, 0) is 40.1 Å². The number of benzene rings is 1. The molecule has 7 aliphatic rings. The number of aromatic nitrogens is 2. The van der Waals surface area contributed by atoms with E-state index in [1.165, 1.54) is 6.20 Å². The normalized spacial score (nSPS) is 27.3. The van der Waals surface area contributed by atoms with Crippen LogP contribution in [0, 0.1) is 29.1 Å². The lowest BCUT2D eigenvalue weighted by Crippen LogP contribution is -2.62. The minimum atomic E-state index is -1.05. The van der Waals surface area contributed by atoms with Crippen LogP contribution >= 0.6 is 0 Å². The van der Waals surface area contributed by atoms with Gasteiger partial charge in [-0.3, -0.25) is 53.5 Å². The molecule has 0 bridgehead atoms. The summed E-state index contributed by atoms with van der Waals surface area (Å²) in [7, 11) is 0. The number of nitrogens with zero attached hydrogens (tertiary/aromatic N) is 4. The van der Waals surface area contributed by atoms with Gasteiger partial charge in [0.25, 0.3) is 17.7 Å². The SMILES string of the molecule is CCC[C@H](NC(=O)[C@@H]1[C@H]2CCC[C@H]2CN1C(=O)[C@@H](NC(=O)[C@@H](NC(=O)c1cnc(C2CCC(c3ccc4c(c3)CN(C3CCC(=O)NC3=O)C4=O)CC(C)C2)cn1)C1CCCCC1)C(C)(C)C)C(=O)C(=O)NC1CC1. The van der Waals surface area contributed by atoms with Crippen molar-refractivity contribution in [3.8, 4) is 0 Å². The molecule has 4 saturated carbocycles. The summed E-state index contributed by atoms with van der Waals surface area (Å²) in [5.41, 5.74) is 2.71. The minimum Gasteiger partial charge on any atom is -0.347 e. The number of fused-ring (bicyclic) bond motifs is 2. The van der Waals surface area contributed by atoms with E-state index >= 15 is 0 Å². The largest absolute Gasteiger partial charge is 0.347 e. The fourth-order valence-electron chi connectivity index (χ4n) is 13.2. The van der Waals surface area contributed by atoms with E-state index < -0.39 is 76.9 Å². The number of amides is 8. The number of carbonyl (C=O) groups excluding carboxylic acids is 9. The van der Waals surface area contributed by atoms with Crippen molar-refractivity contribution in [3.05, 3.63) is 58.7 Å². The van der Waals surface area contributed by atoms with Gasteiger partial charge in [0.1, 0.15) is 29.9 Å². The average Bonchev–Trinajstić information content (AvgIpc) is 3.89. The Morgan fingerprint density at radius 3 is 2.27 bits per heavy atom. The molecule has 0 radical (unpaired) electrons. The molecule has 3 aliphatic heterocycles. The first-order valence-corrected chi connectivity index (χ1v) is 28.0. The minimum absolute atomic E-state index is 0.0130. The molecule has 5 N–H and O–H groups in total. The van der Waals surface area contributed by atoms with E-state index in [9.17, 15) is 43.2 Å². The first-order valence-electron chi connectivity index (χ1n) is 28.0. The number of piperidine rings is 1. The third kappa shape index (κ3) is 12.0. The number of Topliss-reactive ketones (excluding diaryl/α,β-unsaturated/α-hetero) is 1. The van der Waals surface area contributed by atoms with Gasteiger partial charge in [-0.2, -0.15) is 0 Å². The number of likely N-dealkylation sites (tertiary alicyclic amines) is 1. The summed E-state index contributed by atoms with van der Waals surface area (Å²) in [6.07, 6.45) is 16.5. The Hall–Kier alpha value is -6.07. The lowest BCUT2D eigenvalue weighted by Gasteiger charge is -2.38. The molecule has 1 aromatic heterocycles. The molecule has 404 valence electrons. The van der Waals surface area contributed by atoms with Crippen molar-refractivity contribution in [3.63, 3.8) is 0 Å². The number of hydrogen-bond acceptors (Lipinski definition) is 11. The van der Waals surface area contributed by atoms with Crippen LogP contribution in [0.1, 0.15) is 200 Å². The predicted octanol–water partition coefficient (Wildman–Crippen LogP) is 5.28. The summed E-state index contributed by atoms with van der Waals surface area (Å²) in [6, 6.07) is 1.42. The van der Waals surface area contributed by atoms with E-state index in [1.54, 1.807) is 16.0 Å². The summed E-state index contributed by atoms with van der Waals surface area (Å²) in [5.74, 6) is -3.74. The second-order valence-corrected chi connectivity index (χ2v) is 24.1. The molecule has 9 rings (SSSR count). The van der Waals surface area contributed by atoms with Gasteiger partial charge < -0.3 is 31.1 Å². The quantitative estimate of drug-likeness (QED) is 0.0822. The number of hydrogen-bond donors (Lipinski definition) is 5. The Kier molecular flexibility index (Phi) is 16.2. The molecular formula is C57H77N9O9. The van der Waals surface area contributed by atoms with Gasteiger partial charge in [-0.05, 0) is 129 Å². The second-order valence-electron chi connectivity index (χ2n) is 24.1. The van der Waals surface area contributed by atoms with Crippen LogP contribution in [0.25, 0.3) is 0 Å². The van der Waals surface area contributed by atoms with Crippen LogP contribution in [0.2, 0.25) is 0 Å². The fourth-order valence-corrected chi connectivity index (χ4v) is 13.2. The summed E-state index contributed by atoms with van der Waals surface area (Å²) >= 11 is 0. The van der Waals surface area contributed by atoms with Crippen molar-refractivity contribution in [2.75, 3.05) is 6.54 Å². The van der Waals surface area contributed by atoms with Crippen LogP contribution in [0.5, 0.6) is 0 Å². The molecule has 0 spiro atoms. The van der Waals surface area contributed by atoms with Gasteiger partial charge in [-0.15, -0.1) is 0 Å².